The van der Waals surface area contributed by atoms with Gasteiger partial charge in [0.1, 0.15) is 0 Å². The van der Waals surface area contributed by atoms with E-state index in [4.69, 9.17) is 9.47 Å². The van der Waals surface area contributed by atoms with E-state index in [1.807, 2.05) is 18.2 Å². The normalized spacial score (nSPS) is 12.4. The van der Waals surface area contributed by atoms with Crippen molar-refractivity contribution in [2.75, 3.05) is 6.79 Å². The minimum absolute atomic E-state index is 0.263. The molecule has 0 saturated carbocycles. The van der Waals surface area contributed by atoms with Crippen LogP contribution in [0.1, 0.15) is 12.5 Å². The van der Waals surface area contributed by atoms with Gasteiger partial charge in [-0.3, -0.25) is 0 Å². The zero-order valence-corrected chi connectivity index (χ0v) is 17.2. The van der Waals surface area contributed by atoms with Crippen LogP contribution in [0.4, 0.5) is 0 Å². The number of benzene rings is 2. The predicted molar refractivity (Wildman–Crippen MR) is 112 cm³/mol. The molecule has 0 fully saturated rings. The molecule has 0 spiro atoms. The highest BCUT2D eigenvalue weighted by Gasteiger charge is 2.18. The molecule has 0 aliphatic carbocycles. The first kappa shape index (κ1) is 18.1. The number of aromatic nitrogens is 5. The first-order valence-corrected chi connectivity index (χ1v) is 10.9. The lowest BCUT2D eigenvalue weighted by Gasteiger charge is -2.08. The zero-order chi connectivity index (χ0) is 19.6. The topological polar surface area (TPSA) is 75.0 Å². The number of thioether (sulfide) groups is 1. The Morgan fingerprint density at radius 1 is 1.03 bits per heavy atom. The molecule has 2 aromatic carbocycles. The third kappa shape index (κ3) is 3.58. The molecule has 3 heterocycles. The monoisotopic (exact) mass is 423 g/mol. The minimum Gasteiger partial charge on any atom is -0.454 e. The molecule has 29 heavy (non-hydrogen) atoms. The van der Waals surface area contributed by atoms with Gasteiger partial charge in [-0.1, -0.05) is 40.5 Å². The van der Waals surface area contributed by atoms with Crippen LogP contribution in [0.25, 0.3) is 21.8 Å². The average Bonchev–Trinajstić information content (AvgIpc) is 3.52. The molecule has 4 aromatic rings. The maximum Gasteiger partial charge on any atom is 0.231 e. The Labute approximate surface area is 175 Å². The standard InChI is InChI=1S/C20H17N5O2S2/c1-2-25-19(15-7-8-16-17(9-15)27-12-26-16)22-23-20(25)28-11-13-3-5-14(6-4-13)18-10-21-24-29-18/h3-10H,2,11-12H2,1H3. The van der Waals surface area contributed by atoms with Gasteiger partial charge in [-0.25, -0.2) is 0 Å². The van der Waals surface area contributed by atoms with Gasteiger partial charge in [-0.2, -0.15) is 0 Å². The van der Waals surface area contributed by atoms with Gasteiger partial charge in [-0.05, 0) is 47.8 Å². The van der Waals surface area contributed by atoms with Crippen molar-refractivity contribution in [2.24, 2.45) is 0 Å². The Hall–Kier alpha value is -2.91. The Balaban J connectivity index is 1.33. The average molecular weight is 424 g/mol. The largest absolute Gasteiger partial charge is 0.454 e. The summed E-state index contributed by atoms with van der Waals surface area (Å²) in [5.41, 5.74) is 3.33. The molecule has 0 unspecified atom stereocenters. The van der Waals surface area contributed by atoms with E-state index in [0.29, 0.717) is 0 Å². The van der Waals surface area contributed by atoms with Gasteiger partial charge in [0.05, 0.1) is 11.1 Å². The van der Waals surface area contributed by atoms with Crippen LogP contribution in [-0.2, 0) is 12.3 Å². The van der Waals surface area contributed by atoms with Crippen LogP contribution in [0.5, 0.6) is 11.5 Å². The fourth-order valence-corrected chi connectivity index (χ4v) is 4.61. The minimum atomic E-state index is 0.263. The van der Waals surface area contributed by atoms with Gasteiger partial charge < -0.3 is 14.0 Å². The van der Waals surface area contributed by atoms with Gasteiger partial charge in [0, 0.05) is 17.9 Å². The van der Waals surface area contributed by atoms with E-state index < -0.39 is 0 Å². The first-order chi connectivity index (χ1) is 14.3. The molecule has 2 aromatic heterocycles. The molecular weight excluding hydrogens is 406 g/mol. The van der Waals surface area contributed by atoms with Crippen molar-refractivity contribution in [3.63, 3.8) is 0 Å². The van der Waals surface area contributed by atoms with E-state index in [2.05, 4.69) is 55.5 Å². The highest BCUT2D eigenvalue weighted by molar-refractivity contribution is 7.98. The Bertz CT molecular complexity index is 1130. The van der Waals surface area contributed by atoms with E-state index in [9.17, 15) is 0 Å². The lowest BCUT2D eigenvalue weighted by molar-refractivity contribution is 0.174. The molecule has 0 bridgehead atoms. The van der Waals surface area contributed by atoms with E-state index >= 15 is 0 Å². The van der Waals surface area contributed by atoms with Crippen molar-refractivity contribution < 1.29 is 9.47 Å². The molecule has 0 atom stereocenters. The molecule has 1 aliphatic heterocycles. The van der Waals surface area contributed by atoms with Crippen LogP contribution in [0.15, 0.2) is 53.8 Å². The van der Waals surface area contributed by atoms with Crippen molar-refractivity contribution in [3.8, 4) is 33.3 Å². The van der Waals surface area contributed by atoms with Crippen molar-refractivity contribution in [1.82, 2.24) is 24.4 Å². The number of hydrogen-bond donors (Lipinski definition) is 0. The maximum atomic E-state index is 5.49. The maximum absolute atomic E-state index is 5.49. The van der Waals surface area contributed by atoms with Crippen LogP contribution < -0.4 is 9.47 Å². The smallest absolute Gasteiger partial charge is 0.231 e. The van der Waals surface area contributed by atoms with Crippen LogP contribution in [0, 0.1) is 0 Å². The quantitative estimate of drug-likeness (QED) is 0.423. The van der Waals surface area contributed by atoms with Gasteiger partial charge in [0.25, 0.3) is 0 Å². The Morgan fingerprint density at radius 3 is 2.66 bits per heavy atom. The van der Waals surface area contributed by atoms with Gasteiger partial charge >= 0.3 is 0 Å². The van der Waals surface area contributed by atoms with Crippen molar-refractivity contribution in [1.29, 1.82) is 0 Å². The molecule has 0 radical (unpaired) electrons. The molecule has 146 valence electrons. The highest BCUT2D eigenvalue weighted by Crippen LogP contribution is 2.36. The van der Waals surface area contributed by atoms with Crippen molar-refractivity contribution >= 4 is 23.3 Å². The fourth-order valence-electron chi connectivity index (χ4n) is 3.14. The third-order valence-electron chi connectivity index (χ3n) is 4.63. The summed E-state index contributed by atoms with van der Waals surface area (Å²) in [6.45, 7) is 3.15. The molecule has 0 saturated heterocycles. The van der Waals surface area contributed by atoms with Crippen LogP contribution in [-0.4, -0.2) is 31.1 Å². The first-order valence-electron chi connectivity index (χ1n) is 9.14. The summed E-state index contributed by atoms with van der Waals surface area (Å²) in [5, 5.41) is 13.6. The third-order valence-corrected chi connectivity index (χ3v) is 6.38. The summed E-state index contributed by atoms with van der Waals surface area (Å²) >= 11 is 3.08. The number of rotatable bonds is 6. The van der Waals surface area contributed by atoms with E-state index in [1.165, 1.54) is 17.1 Å². The molecule has 5 rings (SSSR count). The summed E-state index contributed by atoms with van der Waals surface area (Å²) in [7, 11) is 0. The van der Waals surface area contributed by atoms with Gasteiger partial charge in [0.2, 0.25) is 6.79 Å². The molecule has 9 heteroatoms. The van der Waals surface area contributed by atoms with Crippen molar-refractivity contribution in [3.05, 3.63) is 54.2 Å². The predicted octanol–water partition coefficient (Wildman–Crippen LogP) is 4.50. The van der Waals surface area contributed by atoms with Gasteiger partial charge in [0.15, 0.2) is 22.5 Å². The van der Waals surface area contributed by atoms with E-state index in [-0.39, 0.29) is 6.79 Å². The lowest BCUT2D eigenvalue weighted by atomic mass is 10.1. The highest BCUT2D eigenvalue weighted by atomic mass is 32.2. The molecular formula is C20H17N5O2S2. The number of fused-ring (bicyclic) bond motifs is 1. The Morgan fingerprint density at radius 2 is 1.86 bits per heavy atom. The van der Waals surface area contributed by atoms with Crippen LogP contribution in [0.3, 0.4) is 0 Å². The number of ether oxygens (including phenoxy) is 2. The molecule has 0 N–H and O–H groups in total. The molecule has 7 nitrogen and oxygen atoms in total. The molecule has 0 amide bonds. The summed E-state index contributed by atoms with van der Waals surface area (Å²) in [6, 6.07) is 14.3. The second-order valence-corrected chi connectivity index (χ2v) is 8.11. The second kappa shape index (κ2) is 7.84. The van der Waals surface area contributed by atoms with E-state index in [0.717, 1.165) is 50.8 Å². The van der Waals surface area contributed by atoms with Gasteiger partial charge in [-0.15, -0.1) is 15.3 Å². The number of nitrogens with zero attached hydrogens (tertiary/aromatic N) is 5. The summed E-state index contributed by atoms with van der Waals surface area (Å²) < 4.78 is 16.9. The molecule has 1 aliphatic rings. The number of hydrogen-bond acceptors (Lipinski definition) is 8. The summed E-state index contributed by atoms with van der Waals surface area (Å²) in [6.07, 6.45) is 1.79. The lowest BCUT2D eigenvalue weighted by Crippen LogP contribution is -2.00. The van der Waals surface area contributed by atoms with E-state index in [1.54, 1.807) is 18.0 Å². The fraction of sp³-hybridized carbons (Fsp3) is 0.200. The summed E-state index contributed by atoms with van der Waals surface area (Å²) in [5.74, 6) is 3.17. The van der Waals surface area contributed by atoms with Crippen LogP contribution >= 0.6 is 23.3 Å². The Kier molecular flexibility index (Phi) is 4.91. The SMILES string of the molecule is CCn1c(SCc2ccc(-c3cnns3)cc2)nnc1-c1ccc2c(c1)OCO2. The van der Waals surface area contributed by atoms with Crippen LogP contribution in [0.2, 0.25) is 0 Å². The van der Waals surface area contributed by atoms with Crippen molar-refractivity contribution in [2.45, 2.75) is 24.4 Å². The summed E-state index contributed by atoms with van der Waals surface area (Å²) in [4.78, 5) is 1.07. The zero-order valence-electron chi connectivity index (χ0n) is 15.6. The second-order valence-electron chi connectivity index (χ2n) is 6.39.